The van der Waals surface area contributed by atoms with Gasteiger partial charge in [-0.15, -0.1) is 0 Å². The van der Waals surface area contributed by atoms with Crippen LogP contribution < -0.4 is 0 Å². The molecule has 16 heavy (non-hydrogen) atoms. The predicted octanol–water partition coefficient (Wildman–Crippen LogP) is 3.51. The lowest BCUT2D eigenvalue weighted by atomic mass is 9.72. The first kappa shape index (κ1) is 15.9. The summed E-state index contributed by atoms with van der Waals surface area (Å²) >= 11 is 0. The molecular weight excluding hydrogens is 224 g/mol. The van der Waals surface area contributed by atoms with Gasteiger partial charge in [-0.05, 0) is 31.6 Å². The third kappa shape index (κ3) is 4.06. The SMILES string of the molecule is CCCC(C)C(C)(C)CC(C)(C)S(=O)(=O)O. The van der Waals surface area contributed by atoms with Gasteiger partial charge in [0.1, 0.15) is 0 Å². The molecule has 0 aliphatic carbocycles. The molecule has 0 rings (SSSR count). The fourth-order valence-electron chi connectivity index (χ4n) is 2.19. The summed E-state index contributed by atoms with van der Waals surface area (Å²) in [5.74, 6) is 0.443. The van der Waals surface area contributed by atoms with E-state index in [1.54, 1.807) is 13.8 Å². The van der Waals surface area contributed by atoms with E-state index < -0.39 is 14.9 Å². The average Bonchev–Trinajstić information content (AvgIpc) is 2.00. The number of hydrogen-bond donors (Lipinski definition) is 1. The summed E-state index contributed by atoms with van der Waals surface area (Å²) in [5.41, 5.74) is -0.0880. The lowest BCUT2D eigenvalue weighted by Crippen LogP contribution is -2.38. The van der Waals surface area contributed by atoms with Crippen LogP contribution in [0.15, 0.2) is 0 Å². The Morgan fingerprint density at radius 3 is 1.94 bits per heavy atom. The fraction of sp³-hybridized carbons (Fsp3) is 1.00. The lowest BCUT2D eigenvalue weighted by molar-refractivity contribution is 0.177. The van der Waals surface area contributed by atoms with Crippen molar-refractivity contribution in [3.63, 3.8) is 0 Å². The molecule has 98 valence electrons. The van der Waals surface area contributed by atoms with Gasteiger partial charge in [0.05, 0.1) is 4.75 Å². The molecule has 0 fully saturated rings. The van der Waals surface area contributed by atoms with Crippen molar-refractivity contribution in [2.45, 2.75) is 65.6 Å². The van der Waals surface area contributed by atoms with Crippen molar-refractivity contribution >= 4 is 10.1 Å². The fourth-order valence-corrected chi connectivity index (χ4v) is 2.74. The minimum atomic E-state index is -3.98. The molecule has 1 N–H and O–H groups in total. The Kier molecular flexibility index (Phi) is 5.02. The summed E-state index contributed by atoms with van der Waals surface area (Å²) < 4.78 is 30.7. The topological polar surface area (TPSA) is 54.4 Å². The molecule has 0 aliphatic rings. The third-order valence-corrected chi connectivity index (χ3v) is 5.18. The number of rotatable bonds is 6. The second-order valence-corrected chi connectivity index (χ2v) is 8.15. The zero-order chi connectivity index (χ0) is 13.2. The van der Waals surface area contributed by atoms with Crippen LogP contribution in [0.3, 0.4) is 0 Å². The van der Waals surface area contributed by atoms with Gasteiger partial charge in [0.25, 0.3) is 10.1 Å². The molecule has 4 heteroatoms. The molecular formula is C12H26O3S. The van der Waals surface area contributed by atoms with Crippen LogP contribution in [0.25, 0.3) is 0 Å². The standard InChI is InChI=1S/C12H26O3S/c1-7-8-10(2)11(3,4)9-12(5,6)16(13,14)15/h10H,7-9H2,1-6H3,(H,13,14,15). The van der Waals surface area contributed by atoms with Crippen molar-refractivity contribution in [3.05, 3.63) is 0 Å². The molecule has 0 saturated heterocycles. The largest absolute Gasteiger partial charge is 0.285 e. The molecule has 0 aromatic rings. The summed E-state index contributed by atoms with van der Waals surface area (Å²) in [4.78, 5) is 0. The van der Waals surface area contributed by atoms with Crippen molar-refractivity contribution < 1.29 is 13.0 Å². The van der Waals surface area contributed by atoms with Crippen molar-refractivity contribution in [3.8, 4) is 0 Å². The minimum Gasteiger partial charge on any atom is -0.285 e. The summed E-state index contributed by atoms with van der Waals surface area (Å²) in [6.07, 6.45) is 2.64. The summed E-state index contributed by atoms with van der Waals surface area (Å²) in [7, 11) is -3.98. The van der Waals surface area contributed by atoms with E-state index in [2.05, 4.69) is 27.7 Å². The van der Waals surface area contributed by atoms with Crippen LogP contribution in [0.5, 0.6) is 0 Å². The van der Waals surface area contributed by atoms with E-state index in [0.29, 0.717) is 12.3 Å². The first-order chi connectivity index (χ1) is 6.94. The minimum absolute atomic E-state index is 0.0880. The third-order valence-electron chi connectivity index (χ3n) is 3.64. The maximum atomic E-state index is 11.3. The van der Waals surface area contributed by atoms with Crippen LogP contribution >= 0.6 is 0 Å². The highest BCUT2D eigenvalue weighted by Gasteiger charge is 2.40. The molecule has 0 saturated carbocycles. The van der Waals surface area contributed by atoms with Gasteiger partial charge in [-0.2, -0.15) is 8.42 Å². The van der Waals surface area contributed by atoms with Crippen LogP contribution in [-0.4, -0.2) is 17.7 Å². The van der Waals surface area contributed by atoms with Crippen LogP contribution in [0.2, 0.25) is 0 Å². The van der Waals surface area contributed by atoms with E-state index in [0.717, 1.165) is 12.8 Å². The Balaban J connectivity index is 4.83. The second-order valence-electron chi connectivity index (χ2n) is 6.09. The monoisotopic (exact) mass is 250 g/mol. The molecule has 3 nitrogen and oxygen atoms in total. The quantitative estimate of drug-likeness (QED) is 0.734. The smallest absolute Gasteiger partial charge is 0.270 e. The summed E-state index contributed by atoms with van der Waals surface area (Å²) in [6, 6.07) is 0. The van der Waals surface area contributed by atoms with E-state index in [4.69, 9.17) is 0 Å². The van der Waals surface area contributed by atoms with E-state index in [1.165, 1.54) is 0 Å². The van der Waals surface area contributed by atoms with Crippen molar-refractivity contribution in [1.82, 2.24) is 0 Å². The summed E-state index contributed by atoms with van der Waals surface area (Å²) in [6.45, 7) is 11.6. The Labute approximate surface area is 100 Å². The molecule has 1 atom stereocenters. The van der Waals surface area contributed by atoms with E-state index in [9.17, 15) is 13.0 Å². The van der Waals surface area contributed by atoms with Crippen LogP contribution in [0.1, 0.15) is 60.8 Å². The van der Waals surface area contributed by atoms with E-state index >= 15 is 0 Å². The van der Waals surface area contributed by atoms with Gasteiger partial charge in [-0.1, -0.05) is 40.5 Å². The van der Waals surface area contributed by atoms with Gasteiger partial charge >= 0.3 is 0 Å². The molecule has 0 heterocycles. The maximum Gasteiger partial charge on any atom is 0.270 e. The van der Waals surface area contributed by atoms with E-state index in [-0.39, 0.29) is 5.41 Å². The van der Waals surface area contributed by atoms with Crippen LogP contribution in [0.4, 0.5) is 0 Å². The van der Waals surface area contributed by atoms with Crippen LogP contribution in [0, 0.1) is 11.3 Å². The van der Waals surface area contributed by atoms with Crippen molar-refractivity contribution in [2.75, 3.05) is 0 Å². The lowest BCUT2D eigenvalue weighted by Gasteiger charge is -2.37. The first-order valence-electron chi connectivity index (χ1n) is 5.91. The Hall–Kier alpha value is -0.0900. The highest BCUT2D eigenvalue weighted by molar-refractivity contribution is 7.87. The molecule has 0 aromatic heterocycles. The molecule has 0 spiro atoms. The maximum absolute atomic E-state index is 11.3. The van der Waals surface area contributed by atoms with Gasteiger partial charge < -0.3 is 0 Å². The highest BCUT2D eigenvalue weighted by atomic mass is 32.2. The molecule has 0 aromatic carbocycles. The molecule has 0 radical (unpaired) electrons. The van der Waals surface area contributed by atoms with Gasteiger partial charge in [0.15, 0.2) is 0 Å². The average molecular weight is 250 g/mol. The molecule has 0 bridgehead atoms. The van der Waals surface area contributed by atoms with Gasteiger partial charge in [0.2, 0.25) is 0 Å². The zero-order valence-corrected chi connectivity index (χ0v) is 12.2. The van der Waals surface area contributed by atoms with Gasteiger partial charge in [0, 0.05) is 0 Å². The molecule has 0 amide bonds. The van der Waals surface area contributed by atoms with Crippen molar-refractivity contribution in [1.29, 1.82) is 0 Å². The zero-order valence-electron chi connectivity index (χ0n) is 11.4. The second kappa shape index (κ2) is 5.05. The highest BCUT2D eigenvalue weighted by Crippen LogP contribution is 2.39. The Morgan fingerprint density at radius 1 is 1.19 bits per heavy atom. The number of hydrogen-bond acceptors (Lipinski definition) is 2. The van der Waals surface area contributed by atoms with Crippen LogP contribution in [-0.2, 0) is 10.1 Å². The van der Waals surface area contributed by atoms with Gasteiger partial charge in [-0.25, -0.2) is 0 Å². The first-order valence-corrected chi connectivity index (χ1v) is 7.35. The van der Waals surface area contributed by atoms with E-state index in [1.807, 2.05) is 0 Å². The normalized spacial score (nSPS) is 16.2. The molecule has 1 unspecified atom stereocenters. The Morgan fingerprint density at radius 2 is 1.62 bits per heavy atom. The predicted molar refractivity (Wildman–Crippen MR) is 68.1 cm³/mol. The summed E-state index contributed by atoms with van der Waals surface area (Å²) in [5, 5.41) is 0. The molecule has 0 aliphatic heterocycles. The van der Waals surface area contributed by atoms with Crippen molar-refractivity contribution in [2.24, 2.45) is 11.3 Å². The van der Waals surface area contributed by atoms with Gasteiger partial charge in [-0.3, -0.25) is 4.55 Å². The Bertz CT molecular complexity index is 315.